The van der Waals surface area contributed by atoms with Crippen molar-refractivity contribution in [2.24, 2.45) is 4.99 Å². The fraction of sp³-hybridized carbons (Fsp3) is 0.750. The van der Waals surface area contributed by atoms with Crippen molar-refractivity contribution in [2.75, 3.05) is 19.6 Å². The van der Waals surface area contributed by atoms with Gasteiger partial charge >= 0.3 is 6.09 Å². The van der Waals surface area contributed by atoms with E-state index in [1.165, 1.54) is 0 Å². The number of aliphatic imine (C=N–C) groups is 1. The van der Waals surface area contributed by atoms with E-state index in [-0.39, 0.29) is 41.5 Å². The third-order valence-corrected chi connectivity index (χ3v) is 5.06. The molecule has 1 aliphatic heterocycles. The van der Waals surface area contributed by atoms with Crippen LogP contribution in [0.3, 0.4) is 0 Å². The molecule has 1 atom stereocenters. The molecule has 7 nitrogen and oxygen atoms in total. The first-order valence-electron chi connectivity index (χ1n) is 9.95. The minimum Gasteiger partial charge on any atom is -0.444 e. The number of guanidine groups is 1. The van der Waals surface area contributed by atoms with Gasteiger partial charge in [-0.2, -0.15) is 0 Å². The van der Waals surface area contributed by atoms with Crippen molar-refractivity contribution in [3.63, 3.8) is 0 Å². The molecule has 1 aromatic rings. The molecular formula is C20H36IN5O2S. The maximum Gasteiger partial charge on any atom is 0.407 e. The van der Waals surface area contributed by atoms with Gasteiger partial charge in [0.2, 0.25) is 0 Å². The number of alkyl carbamates (subject to hydrolysis) is 1. The van der Waals surface area contributed by atoms with Gasteiger partial charge in [-0.3, -0.25) is 0 Å². The third kappa shape index (κ3) is 8.65. The first-order chi connectivity index (χ1) is 13.0. The summed E-state index contributed by atoms with van der Waals surface area (Å²) in [4.78, 5) is 23.7. The summed E-state index contributed by atoms with van der Waals surface area (Å²) < 4.78 is 5.36. The van der Waals surface area contributed by atoms with Crippen molar-refractivity contribution in [3.8, 4) is 0 Å². The SMILES string of the molecule is CCNC(=NCc1nc(C(C)(C)C)cs1)N1CCC(NC(=O)OC(C)(C)C)C1.I. The van der Waals surface area contributed by atoms with Crippen molar-refractivity contribution >= 4 is 47.4 Å². The Hall–Kier alpha value is -1.10. The number of aromatic nitrogens is 1. The number of halogens is 1. The largest absolute Gasteiger partial charge is 0.444 e. The predicted molar refractivity (Wildman–Crippen MR) is 130 cm³/mol. The number of carbonyl (C=O) groups is 1. The van der Waals surface area contributed by atoms with E-state index in [0.717, 1.165) is 42.7 Å². The van der Waals surface area contributed by atoms with E-state index in [2.05, 4.69) is 48.6 Å². The molecule has 0 radical (unpaired) electrons. The molecule has 1 fully saturated rings. The van der Waals surface area contributed by atoms with Gasteiger partial charge in [-0.05, 0) is 34.1 Å². The van der Waals surface area contributed by atoms with E-state index < -0.39 is 5.60 Å². The minimum absolute atomic E-state index is 0. The summed E-state index contributed by atoms with van der Waals surface area (Å²) in [6.07, 6.45) is 0.508. The van der Waals surface area contributed by atoms with Gasteiger partial charge in [0, 0.05) is 30.4 Å². The number of hydrogen-bond acceptors (Lipinski definition) is 5. The molecule has 1 amide bonds. The Balaban J connectivity index is 0.00000420. The van der Waals surface area contributed by atoms with Crippen LogP contribution in [0.4, 0.5) is 4.79 Å². The Kier molecular flexibility index (Phi) is 9.65. The second-order valence-electron chi connectivity index (χ2n) is 9.12. The lowest BCUT2D eigenvalue weighted by molar-refractivity contribution is 0.0507. The number of thiazole rings is 1. The number of nitrogens with zero attached hydrogens (tertiary/aromatic N) is 3. The van der Waals surface area contributed by atoms with Gasteiger partial charge < -0.3 is 20.3 Å². The zero-order chi connectivity index (χ0) is 20.9. The fourth-order valence-corrected chi connectivity index (χ4v) is 3.79. The summed E-state index contributed by atoms with van der Waals surface area (Å²) in [5.74, 6) is 0.864. The topological polar surface area (TPSA) is 78.9 Å². The van der Waals surface area contributed by atoms with Crippen LogP contribution in [0.15, 0.2) is 10.4 Å². The molecule has 1 aliphatic rings. The normalized spacial score (nSPS) is 17.7. The average molecular weight is 538 g/mol. The van der Waals surface area contributed by atoms with E-state index in [1.54, 1.807) is 11.3 Å². The molecule has 1 saturated heterocycles. The van der Waals surface area contributed by atoms with E-state index in [4.69, 9.17) is 14.7 Å². The molecule has 1 aromatic heterocycles. The van der Waals surface area contributed by atoms with Crippen LogP contribution in [0.2, 0.25) is 0 Å². The fourth-order valence-electron chi connectivity index (χ4n) is 2.84. The molecule has 0 aromatic carbocycles. The Labute approximate surface area is 196 Å². The number of amides is 1. The van der Waals surface area contributed by atoms with Crippen LogP contribution >= 0.6 is 35.3 Å². The summed E-state index contributed by atoms with van der Waals surface area (Å²) in [6.45, 7) is 17.1. The maximum atomic E-state index is 12.0. The molecule has 29 heavy (non-hydrogen) atoms. The lowest BCUT2D eigenvalue weighted by Gasteiger charge is -2.23. The molecule has 2 rings (SSSR count). The van der Waals surface area contributed by atoms with Crippen LogP contribution in [0, 0.1) is 0 Å². The van der Waals surface area contributed by atoms with Gasteiger partial charge in [0.25, 0.3) is 0 Å². The maximum absolute atomic E-state index is 12.0. The molecule has 0 aliphatic carbocycles. The monoisotopic (exact) mass is 537 g/mol. The number of likely N-dealkylation sites (tertiary alicyclic amines) is 1. The van der Waals surface area contributed by atoms with E-state index >= 15 is 0 Å². The molecule has 166 valence electrons. The molecule has 2 heterocycles. The third-order valence-electron chi connectivity index (χ3n) is 4.23. The number of ether oxygens (including phenoxy) is 1. The Bertz CT molecular complexity index is 694. The standard InChI is InChI=1S/C20H35N5O2S.HI/c1-8-21-17(22-11-16-24-15(13-28-16)19(2,3)4)25-10-9-14(12-25)23-18(26)27-20(5,6)7;/h13-14H,8-12H2,1-7H3,(H,21,22)(H,23,26);1H. The van der Waals surface area contributed by atoms with Gasteiger partial charge in [0.1, 0.15) is 10.6 Å². The lowest BCUT2D eigenvalue weighted by Crippen LogP contribution is -2.44. The Morgan fingerprint density at radius 2 is 2.03 bits per heavy atom. The summed E-state index contributed by atoms with van der Waals surface area (Å²) >= 11 is 1.66. The second kappa shape index (κ2) is 10.8. The van der Waals surface area contributed by atoms with Crippen LogP contribution in [0.25, 0.3) is 0 Å². The quantitative estimate of drug-likeness (QED) is 0.343. The van der Waals surface area contributed by atoms with Crippen molar-refractivity contribution in [2.45, 2.75) is 78.5 Å². The molecule has 0 bridgehead atoms. The minimum atomic E-state index is -0.488. The highest BCUT2D eigenvalue weighted by Gasteiger charge is 2.28. The second-order valence-corrected chi connectivity index (χ2v) is 10.1. The number of hydrogen-bond donors (Lipinski definition) is 2. The molecule has 1 unspecified atom stereocenters. The van der Waals surface area contributed by atoms with Crippen molar-refractivity contribution in [1.82, 2.24) is 20.5 Å². The van der Waals surface area contributed by atoms with Crippen LogP contribution < -0.4 is 10.6 Å². The summed E-state index contributed by atoms with van der Waals surface area (Å²) in [6, 6.07) is 0.0612. The van der Waals surface area contributed by atoms with Crippen molar-refractivity contribution in [1.29, 1.82) is 0 Å². The van der Waals surface area contributed by atoms with Gasteiger partial charge in [0.05, 0.1) is 18.3 Å². The summed E-state index contributed by atoms with van der Waals surface area (Å²) in [5.41, 5.74) is 0.673. The average Bonchev–Trinajstić information content (AvgIpc) is 3.18. The summed E-state index contributed by atoms with van der Waals surface area (Å²) in [5, 5.41) is 9.45. The molecule has 2 N–H and O–H groups in total. The van der Waals surface area contributed by atoms with Crippen molar-refractivity contribution < 1.29 is 9.53 Å². The van der Waals surface area contributed by atoms with Crippen LogP contribution in [0.5, 0.6) is 0 Å². The van der Waals surface area contributed by atoms with Crippen LogP contribution in [0.1, 0.15) is 65.6 Å². The highest BCUT2D eigenvalue weighted by Crippen LogP contribution is 2.24. The zero-order valence-electron chi connectivity index (χ0n) is 18.7. The smallest absolute Gasteiger partial charge is 0.407 e. The number of rotatable bonds is 4. The molecular weight excluding hydrogens is 501 g/mol. The Morgan fingerprint density at radius 1 is 1.34 bits per heavy atom. The van der Waals surface area contributed by atoms with E-state index in [9.17, 15) is 4.79 Å². The van der Waals surface area contributed by atoms with Crippen LogP contribution in [-0.2, 0) is 16.7 Å². The van der Waals surface area contributed by atoms with Gasteiger partial charge in [0.15, 0.2) is 5.96 Å². The first kappa shape index (κ1) is 25.9. The van der Waals surface area contributed by atoms with E-state index in [1.807, 2.05) is 20.8 Å². The lowest BCUT2D eigenvalue weighted by atomic mass is 9.93. The molecule has 0 spiro atoms. The van der Waals surface area contributed by atoms with E-state index in [0.29, 0.717) is 6.54 Å². The Morgan fingerprint density at radius 3 is 2.59 bits per heavy atom. The highest BCUT2D eigenvalue weighted by atomic mass is 127. The molecule has 0 saturated carbocycles. The first-order valence-corrected chi connectivity index (χ1v) is 10.8. The summed E-state index contributed by atoms with van der Waals surface area (Å²) in [7, 11) is 0. The zero-order valence-corrected chi connectivity index (χ0v) is 21.8. The predicted octanol–water partition coefficient (Wildman–Crippen LogP) is 4.12. The number of nitrogens with one attached hydrogen (secondary N) is 2. The van der Waals surface area contributed by atoms with Gasteiger partial charge in [-0.25, -0.2) is 14.8 Å². The highest BCUT2D eigenvalue weighted by molar-refractivity contribution is 14.0. The molecule has 9 heteroatoms. The van der Waals surface area contributed by atoms with Crippen molar-refractivity contribution in [3.05, 3.63) is 16.1 Å². The number of carbonyl (C=O) groups excluding carboxylic acids is 1. The van der Waals surface area contributed by atoms with Gasteiger partial charge in [-0.1, -0.05) is 20.8 Å². The van der Waals surface area contributed by atoms with Crippen LogP contribution in [-0.4, -0.2) is 53.2 Å². The van der Waals surface area contributed by atoms with Gasteiger partial charge in [-0.15, -0.1) is 35.3 Å².